The van der Waals surface area contributed by atoms with Crippen molar-refractivity contribution in [1.82, 2.24) is 0 Å². The average Bonchev–Trinajstić information content (AvgIpc) is 2.29. The number of aliphatic hydroxyl groups is 1. The average molecular weight is 202 g/mol. The Labute approximate surface area is 91.8 Å². The summed E-state index contributed by atoms with van der Waals surface area (Å²) in [5.74, 6) is 0.144. The van der Waals surface area contributed by atoms with E-state index in [0.29, 0.717) is 6.42 Å². The topological polar surface area (TPSA) is 20.2 Å². The van der Waals surface area contributed by atoms with Gasteiger partial charge in [-0.1, -0.05) is 55.5 Å². The normalized spacial score (nSPS) is 15.1. The molecule has 1 rings (SSSR count). The van der Waals surface area contributed by atoms with Gasteiger partial charge in [0.15, 0.2) is 0 Å². The molecule has 0 heterocycles. The maximum Gasteiger partial charge on any atom is 0.0634 e. The number of rotatable bonds is 5. The lowest BCUT2D eigenvalue weighted by Gasteiger charge is -2.12. The van der Waals surface area contributed by atoms with Gasteiger partial charge in [-0.2, -0.15) is 0 Å². The molecule has 1 heteroatoms. The number of hydrogen-bond acceptors (Lipinski definition) is 1. The molecule has 0 aromatic heterocycles. The summed E-state index contributed by atoms with van der Waals surface area (Å²) in [5.41, 5.74) is 1.16. The highest BCUT2D eigenvalue weighted by Gasteiger charge is 2.07. The lowest BCUT2D eigenvalue weighted by molar-refractivity contribution is 0.141. The highest BCUT2D eigenvalue weighted by molar-refractivity contribution is 5.48. The fourth-order valence-electron chi connectivity index (χ4n) is 1.28. The first-order valence-corrected chi connectivity index (χ1v) is 5.26. The van der Waals surface area contributed by atoms with Crippen LogP contribution in [-0.2, 0) is 0 Å². The van der Waals surface area contributed by atoms with Crippen LogP contribution in [0.1, 0.15) is 18.9 Å². The molecule has 1 nitrogen and oxygen atoms in total. The van der Waals surface area contributed by atoms with Crippen LogP contribution in [0.5, 0.6) is 0 Å². The molecule has 0 amide bonds. The molecule has 80 valence electrons. The number of hydrogen-bond donors (Lipinski definition) is 1. The van der Waals surface area contributed by atoms with Crippen molar-refractivity contribution in [1.29, 1.82) is 0 Å². The minimum Gasteiger partial charge on any atom is -0.392 e. The second-order valence-electron chi connectivity index (χ2n) is 3.71. The monoisotopic (exact) mass is 202 g/mol. The van der Waals surface area contributed by atoms with Gasteiger partial charge in [-0.25, -0.2) is 0 Å². The summed E-state index contributed by atoms with van der Waals surface area (Å²) in [6.45, 7) is 5.63. The molecule has 0 spiro atoms. The Hall–Kier alpha value is -1.34. The Bertz CT molecular complexity index is 313. The molecule has 0 bridgehead atoms. The van der Waals surface area contributed by atoms with Gasteiger partial charge in [0.1, 0.15) is 0 Å². The largest absolute Gasteiger partial charge is 0.392 e. The Morgan fingerprint density at radius 2 is 2.00 bits per heavy atom. The first-order valence-electron chi connectivity index (χ1n) is 5.26. The van der Waals surface area contributed by atoms with Crippen LogP contribution in [0.3, 0.4) is 0 Å². The molecular formula is C14H18O. The van der Waals surface area contributed by atoms with Crippen LogP contribution in [-0.4, -0.2) is 11.2 Å². The Morgan fingerprint density at radius 1 is 1.33 bits per heavy atom. The molecule has 0 fully saturated rings. The highest BCUT2D eigenvalue weighted by Crippen LogP contribution is 2.10. The zero-order valence-corrected chi connectivity index (χ0v) is 9.13. The molecule has 0 saturated carbocycles. The SMILES string of the molecule is C=C[C@@H](C)[C@@H](O)C/C=C/c1ccccc1. The summed E-state index contributed by atoms with van der Waals surface area (Å²) in [4.78, 5) is 0. The van der Waals surface area contributed by atoms with Gasteiger partial charge in [-0.15, -0.1) is 6.58 Å². The summed E-state index contributed by atoms with van der Waals surface area (Å²) in [6.07, 6.45) is 6.14. The first-order chi connectivity index (χ1) is 7.24. The van der Waals surface area contributed by atoms with E-state index in [1.807, 2.05) is 49.4 Å². The van der Waals surface area contributed by atoms with E-state index in [4.69, 9.17) is 0 Å². The smallest absolute Gasteiger partial charge is 0.0634 e. The van der Waals surface area contributed by atoms with Gasteiger partial charge in [0, 0.05) is 0 Å². The predicted molar refractivity (Wildman–Crippen MR) is 65.5 cm³/mol. The van der Waals surface area contributed by atoms with Gasteiger partial charge in [-0.05, 0) is 17.9 Å². The third-order valence-corrected chi connectivity index (χ3v) is 2.47. The molecule has 1 aromatic rings. The van der Waals surface area contributed by atoms with Crippen molar-refractivity contribution in [2.24, 2.45) is 5.92 Å². The molecule has 0 aliphatic heterocycles. The first kappa shape index (κ1) is 11.7. The summed E-state index contributed by atoms with van der Waals surface area (Å²) < 4.78 is 0. The highest BCUT2D eigenvalue weighted by atomic mass is 16.3. The van der Waals surface area contributed by atoms with Crippen LogP contribution >= 0.6 is 0 Å². The Balaban J connectivity index is 2.43. The quantitative estimate of drug-likeness (QED) is 0.726. The number of aliphatic hydroxyl groups excluding tert-OH is 1. The van der Waals surface area contributed by atoms with Gasteiger partial charge in [0.2, 0.25) is 0 Å². The van der Waals surface area contributed by atoms with Crippen LogP contribution in [0.2, 0.25) is 0 Å². The van der Waals surface area contributed by atoms with Crippen molar-refractivity contribution in [3.05, 3.63) is 54.6 Å². The summed E-state index contributed by atoms with van der Waals surface area (Å²) in [6, 6.07) is 10.1. The second-order valence-corrected chi connectivity index (χ2v) is 3.71. The number of benzene rings is 1. The molecule has 1 N–H and O–H groups in total. The predicted octanol–water partition coefficient (Wildman–Crippen LogP) is 3.27. The van der Waals surface area contributed by atoms with Crippen molar-refractivity contribution in [2.45, 2.75) is 19.4 Å². The van der Waals surface area contributed by atoms with Crippen molar-refractivity contribution in [3.8, 4) is 0 Å². The fourth-order valence-corrected chi connectivity index (χ4v) is 1.28. The third kappa shape index (κ3) is 4.13. The zero-order valence-electron chi connectivity index (χ0n) is 9.13. The maximum atomic E-state index is 9.67. The molecule has 2 atom stereocenters. The van der Waals surface area contributed by atoms with E-state index < -0.39 is 0 Å². The van der Waals surface area contributed by atoms with Gasteiger partial charge < -0.3 is 5.11 Å². The molecule has 0 saturated heterocycles. The Kier molecular flexibility index (Phi) is 4.85. The molecule has 0 aliphatic rings. The van der Waals surface area contributed by atoms with E-state index in [9.17, 15) is 5.11 Å². The van der Waals surface area contributed by atoms with E-state index >= 15 is 0 Å². The lowest BCUT2D eigenvalue weighted by Crippen LogP contribution is -2.13. The zero-order chi connectivity index (χ0) is 11.1. The van der Waals surface area contributed by atoms with Crippen LogP contribution in [0.25, 0.3) is 6.08 Å². The minimum absolute atomic E-state index is 0.144. The van der Waals surface area contributed by atoms with Crippen molar-refractivity contribution in [3.63, 3.8) is 0 Å². The van der Waals surface area contributed by atoms with E-state index in [-0.39, 0.29) is 12.0 Å². The van der Waals surface area contributed by atoms with Crippen molar-refractivity contribution in [2.75, 3.05) is 0 Å². The van der Waals surface area contributed by atoms with E-state index in [1.165, 1.54) is 0 Å². The summed E-state index contributed by atoms with van der Waals surface area (Å²) >= 11 is 0. The lowest BCUT2D eigenvalue weighted by atomic mass is 10.0. The van der Waals surface area contributed by atoms with Gasteiger partial charge >= 0.3 is 0 Å². The van der Waals surface area contributed by atoms with Crippen molar-refractivity contribution >= 4 is 6.08 Å². The Morgan fingerprint density at radius 3 is 2.60 bits per heavy atom. The van der Waals surface area contributed by atoms with Crippen LogP contribution in [0.15, 0.2) is 49.1 Å². The minimum atomic E-state index is -0.331. The van der Waals surface area contributed by atoms with Gasteiger partial charge in [-0.3, -0.25) is 0 Å². The van der Waals surface area contributed by atoms with Gasteiger partial charge in [0.25, 0.3) is 0 Å². The van der Waals surface area contributed by atoms with Crippen LogP contribution in [0.4, 0.5) is 0 Å². The second kappa shape index (κ2) is 6.20. The van der Waals surface area contributed by atoms with Crippen LogP contribution in [0, 0.1) is 5.92 Å². The maximum absolute atomic E-state index is 9.67. The summed E-state index contributed by atoms with van der Waals surface area (Å²) in [5, 5.41) is 9.67. The molecule has 15 heavy (non-hydrogen) atoms. The van der Waals surface area contributed by atoms with Crippen molar-refractivity contribution < 1.29 is 5.11 Å². The van der Waals surface area contributed by atoms with E-state index in [0.717, 1.165) is 5.56 Å². The van der Waals surface area contributed by atoms with Crippen LogP contribution < -0.4 is 0 Å². The molecule has 0 radical (unpaired) electrons. The fraction of sp³-hybridized carbons (Fsp3) is 0.286. The molecule has 1 aromatic carbocycles. The standard InChI is InChI=1S/C14H18O/c1-3-12(2)14(15)11-7-10-13-8-5-4-6-9-13/h3-10,12,14-15H,1,11H2,2H3/b10-7+/t12-,14+/m1/s1. The molecule has 0 unspecified atom stereocenters. The molecular weight excluding hydrogens is 184 g/mol. The third-order valence-electron chi connectivity index (χ3n) is 2.47. The van der Waals surface area contributed by atoms with E-state index in [2.05, 4.69) is 6.58 Å². The molecule has 0 aliphatic carbocycles. The van der Waals surface area contributed by atoms with Gasteiger partial charge in [0.05, 0.1) is 6.10 Å². The van der Waals surface area contributed by atoms with E-state index in [1.54, 1.807) is 6.08 Å². The summed E-state index contributed by atoms with van der Waals surface area (Å²) in [7, 11) is 0.